The minimum absolute atomic E-state index is 0.0497. The van der Waals surface area contributed by atoms with Gasteiger partial charge in [-0.1, -0.05) is 31.2 Å². The van der Waals surface area contributed by atoms with E-state index in [0.29, 0.717) is 34.8 Å². The Morgan fingerprint density at radius 3 is 2.55 bits per heavy atom. The average Bonchev–Trinajstić information content (AvgIpc) is 3.14. The molecule has 0 saturated heterocycles. The van der Waals surface area contributed by atoms with Gasteiger partial charge in [0.15, 0.2) is 11.4 Å². The summed E-state index contributed by atoms with van der Waals surface area (Å²) < 4.78 is 35.1. The molecule has 4 aromatic rings. The molecule has 0 aliphatic carbocycles. The number of hydrogen-bond acceptors (Lipinski definition) is 3. The molecule has 0 saturated carbocycles. The second-order valence-electron chi connectivity index (χ2n) is 7.92. The van der Waals surface area contributed by atoms with Gasteiger partial charge in [-0.25, -0.2) is 13.8 Å². The molecular weight excluding hydrogens is 424 g/mol. The maximum atomic E-state index is 14.2. The van der Waals surface area contributed by atoms with Crippen LogP contribution in [0, 0.1) is 25.5 Å². The second kappa shape index (κ2) is 9.40. The molecule has 5 nitrogen and oxygen atoms in total. The summed E-state index contributed by atoms with van der Waals surface area (Å²) in [5.41, 5.74) is 3.50. The van der Waals surface area contributed by atoms with Gasteiger partial charge in [-0.2, -0.15) is 0 Å². The smallest absolute Gasteiger partial charge is 0.270 e. The van der Waals surface area contributed by atoms with E-state index in [1.165, 1.54) is 18.2 Å². The second-order valence-corrected chi connectivity index (χ2v) is 7.92. The average molecular weight is 450 g/mol. The highest BCUT2D eigenvalue weighted by atomic mass is 19.1. The zero-order valence-corrected chi connectivity index (χ0v) is 18.7. The summed E-state index contributed by atoms with van der Waals surface area (Å²) in [5.74, 6) is -0.491. The number of aryl methyl sites for hydroxylation is 2. The predicted molar refractivity (Wildman–Crippen MR) is 122 cm³/mol. The molecule has 1 atom stereocenters. The van der Waals surface area contributed by atoms with Gasteiger partial charge in [-0.3, -0.25) is 9.20 Å². The molecule has 1 amide bonds. The van der Waals surface area contributed by atoms with Crippen LogP contribution in [0.15, 0.2) is 60.8 Å². The zero-order chi connectivity index (χ0) is 23.5. The van der Waals surface area contributed by atoms with Gasteiger partial charge in [0.1, 0.15) is 23.9 Å². The zero-order valence-electron chi connectivity index (χ0n) is 18.7. The number of imidazole rings is 1. The van der Waals surface area contributed by atoms with Crippen LogP contribution in [0.25, 0.3) is 5.65 Å². The summed E-state index contributed by atoms with van der Waals surface area (Å²) in [7, 11) is 0. The van der Waals surface area contributed by atoms with Crippen LogP contribution in [0.5, 0.6) is 5.75 Å². The van der Waals surface area contributed by atoms with Crippen molar-refractivity contribution >= 4 is 11.6 Å². The highest BCUT2D eigenvalue weighted by molar-refractivity contribution is 5.95. The number of fused-ring (bicyclic) bond motifs is 1. The summed E-state index contributed by atoms with van der Waals surface area (Å²) in [6.45, 7) is 5.58. The maximum Gasteiger partial charge on any atom is 0.270 e. The van der Waals surface area contributed by atoms with E-state index in [-0.39, 0.29) is 30.2 Å². The van der Waals surface area contributed by atoms with E-state index in [9.17, 15) is 13.6 Å². The summed E-state index contributed by atoms with van der Waals surface area (Å²) in [6.07, 6.45) is 2.38. The van der Waals surface area contributed by atoms with Crippen LogP contribution in [0.1, 0.15) is 52.3 Å². The number of aromatic nitrogens is 2. The van der Waals surface area contributed by atoms with E-state index in [1.54, 1.807) is 47.9 Å². The molecule has 0 aliphatic heterocycles. The minimum Gasteiger partial charge on any atom is -0.485 e. The van der Waals surface area contributed by atoms with Crippen molar-refractivity contribution in [3.63, 3.8) is 0 Å². The molecule has 1 unspecified atom stereocenters. The van der Waals surface area contributed by atoms with E-state index < -0.39 is 0 Å². The molecule has 7 heteroatoms. The molecule has 0 radical (unpaired) electrons. The van der Waals surface area contributed by atoms with Crippen LogP contribution in [0.4, 0.5) is 8.78 Å². The first-order chi connectivity index (χ1) is 15.9. The predicted octanol–water partition coefficient (Wildman–Crippen LogP) is 5.69. The van der Waals surface area contributed by atoms with Gasteiger partial charge in [0.2, 0.25) is 0 Å². The fourth-order valence-corrected chi connectivity index (χ4v) is 3.88. The van der Waals surface area contributed by atoms with Crippen LogP contribution >= 0.6 is 0 Å². The first-order valence-corrected chi connectivity index (χ1v) is 10.8. The van der Waals surface area contributed by atoms with Crippen molar-refractivity contribution in [1.82, 2.24) is 14.7 Å². The van der Waals surface area contributed by atoms with Gasteiger partial charge in [0.25, 0.3) is 5.91 Å². The lowest BCUT2D eigenvalue weighted by Gasteiger charge is -2.17. The molecule has 2 heterocycles. The van der Waals surface area contributed by atoms with Crippen molar-refractivity contribution in [1.29, 1.82) is 0 Å². The SMILES string of the molecule is CCC(NC(=O)c1c(C)nc2c(OCc3c(C)cccc3F)cccn12)c1ccc(F)cc1. The summed E-state index contributed by atoms with van der Waals surface area (Å²) in [6, 6.07) is 14.2. The number of halogens is 2. The Morgan fingerprint density at radius 2 is 1.85 bits per heavy atom. The molecule has 2 aromatic carbocycles. The number of carbonyl (C=O) groups is 1. The number of nitrogens with one attached hydrogen (secondary N) is 1. The Balaban J connectivity index is 1.60. The van der Waals surface area contributed by atoms with Crippen LogP contribution < -0.4 is 10.1 Å². The molecule has 33 heavy (non-hydrogen) atoms. The fraction of sp³-hybridized carbons (Fsp3) is 0.231. The molecule has 1 N–H and O–H groups in total. The van der Waals surface area contributed by atoms with Crippen LogP contribution in [-0.4, -0.2) is 15.3 Å². The van der Waals surface area contributed by atoms with Crippen LogP contribution in [-0.2, 0) is 6.61 Å². The Hall–Kier alpha value is -3.74. The normalized spacial score (nSPS) is 12.0. The number of amides is 1. The maximum absolute atomic E-state index is 14.2. The highest BCUT2D eigenvalue weighted by Crippen LogP contribution is 2.25. The number of ether oxygens (including phenoxy) is 1. The Bertz CT molecular complexity index is 1280. The van der Waals surface area contributed by atoms with Gasteiger partial charge >= 0.3 is 0 Å². The molecule has 0 spiro atoms. The third-order valence-electron chi connectivity index (χ3n) is 5.71. The fourth-order valence-electron chi connectivity index (χ4n) is 3.88. The van der Waals surface area contributed by atoms with Crippen molar-refractivity contribution in [2.24, 2.45) is 0 Å². The van der Waals surface area contributed by atoms with E-state index in [2.05, 4.69) is 10.3 Å². The van der Waals surface area contributed by atoms with Gasteiger partial charge in [-0.15, -0.1) is 0 Å². The van der Waals surface area contributed by atoms with E-state index in [0.717, 1.165) is 11.1 Å². The number of benzene rings is 2. The van der Waals surface area contributed by atoms with Crippen LogP contribution in [0.2, 0.25) is 0 Å². The van der Waals surface area contributed by atoms with E-state index >= 15 is 0 Å². The quantitative estimate of drug-likeness (QED) is 0.394. The molecule has 0 bridgehead atoms. The monoisotopic (exact) mass is 449 g/mol. The van der Waals surface area contributed by atoms with Gasteiger partial charge in [0.05, 0.1) is 11.7 Å². The molecule has 2 aromatic heterocycles. The number of hydrogen-bond donors (Lipinski definition) is 1. The standard InChI is InChI=1S/C26H25F2N3O2/c1-4-22(18-10-12-19(27)13-11-18)30-26(32)24-17(3)29-25-23(9-6-14-31(24)25)33-15-20-16(2)7-5-8-21(20)28/h5-14,22H,4,15H2,1-3H3,(H,30,32). The molecule has 0 fully saturated rings. The summed E-state index contributed by atoms with van der Waals surface area (Å²) in [5, 5.41) is 3.02. The number of carbonyl (C=O) groups excluding carboxylic acids is 1. The Kier molecular flexibility index (Phi) is 6.40. The molecule has 170 valence electrons. The Morgan fingerprint density at radius 1 is 1.09 bits per heavy atom. The Labute approximate surface area is 191 Å². The first-order valence-electron chi connectivity index (χ1n) is 10.8. The summed E-state index contributed by atoms with van der Waals surface area (Å²) in [4.78, 5) is 17.7. The summed E-state index contributed by atoms with van der Waals surface area (Å²) >= 11 is 0. The third kappa shape index (κ3) is 4.58. The molecular formula is C26H25F2N3O2. The van der Waals surface area contributed by atoms with Gasteiger partial charge in [0, 0.05) is 11.8 Å². The lowest BCUT2D eigenvalue weighted by atomic mass is 10.0. The van der Waals surface area contributed by atoms with Crippen molar-refractivity contribution in [3.05, 3.63) is 101 Å². The van der Waals surface area contributed by atoms with Crippen molar-refractivity contribution in [2.45, 2.75) is 39.8 Å². The van der Waals surface area contributed by atoms with Crippen molar-refractivity contribution < 1.29 is 18.3 Å². The van der Waals surface area contributed by atoms with E-state index in [1.807, 2.05) is 19.9 Å². The van der Waals surface area contributed by atoms with Gasteiger partial charge < -0.3 is 10.1 Å². The lowest BCUT2D eigenvalue weighted by Crippen LogP contribution is -2.29. The van der Waals surface area contributed by atoms with Crippen molar-refractivity contribution in [3.8, 4) is 5.75 Å². The molecule has 0 aliphatic rings. The topological polar surface area (TPSA) is 55.6 Å². The number of rotatable bonds is 7. The van der Waals surface area contributed by atoms with Crippen molar-refractivity contribution in [2.75, 3.05) is 0 Å². The number of pyridine rings is 1. The number of nitrogens with zero attached hydrogens (tertiary/aromatic N) is 2. The minimum atomic E-state index is -0.326. The lowest BCUT2D eigenvalue weighted by molar-refractivity contribution is 0.0929. The van der Waals surface area contributed by atoms with Crippen LogP contribution in [0.3, 0.4) is 0 Å². The third-order valence-corrected chi connectivity index (χ3v) is 5.71. The highest BCUT2D eigenvalue weighted by Gasteiger charge is 2.22. The van der Waals surface area contributed by atoms with Gasteiger partial charge in [-0.05, 0) is 61.7 Å². The van der Waals surface area contributed by atoms with E-state index in [4.69, 9.17) is 4.74 Å². The largest absolute Gasteiger partial charge is 0.485 e. The molecule has 4 rings (SSSR count). The first kappa shape index (κ1) is 22.5.